The van der Waals surface area contributed by atoms with Gasteiger partial charge >= 0.3 is 6.09 Å². The number of rotatable bonds is 7. The number of hydrogen-bond acceptors (Lipinski definition) is 4. The SMILES string of the molecule is CC[C@H]1[C@@H](O)[C@@H]2[C@H](CC[C@]3(C)[C@@H]([C@H](C)CCNC(=O)OCc4ccccc4)CC[C@@H]23)[C@@]2(C)CC[C@@H](O)C[C@@H]12. The predicted molar refractivity (Wildman–Crippen MR) is 150 cm³/mol. The molecule has 11 atom stereocenters. The molecule has 0 radical (unpaired) electrons. The van der Waals surface area contributed by atoms with Crippen LogP contribution >= 0.6 is 0 Å². The van der Waals surface area contributed by atoms with Gasteiger partial charge in [0.15, 0.2) is 0 Å². The third-order valence-electron chi connectivity index (χ3n) is 12.2. The summed E-state index contributed by atoms with van der Waals surface area (Å²) in [5, 5.41) is 25.4. The maximum atomic E-state index is 12.3. The Kier molecular flexibility index (Phi) is 8.18. The molecular weight excluding hydrogens is 474 g/mol. The number of carbonyl (C=O) groups excluding carboxylic acids is 1. The molecule has 4 fully saturated rings. The average molecular weight is 526 g/mol. The topological polar surface area (TPSA) is 78.8 Å². The van der Waals surface area contributed by atoms with Crippen LogP contribution in [0.5, 0.6) is 0 Å². The van der Waals surface area contributed by atoms with Gasteiger partial charge in [0.25, 0.3) is 0 Å². The highest BCUT2D eigenvalue weighted by atomic mass is 16.5. The molecule has 1 aromatic carbocycles. The summed E-state index contributed by atoms with van der Waals surface area (Å²) in [6.07, 6.45) is 8.99. The summed E-state index contributed by atoms with van der Waals surface area (Å²) in [7, 11) is 0. The van der Waals surface area contributed by atoms with Crippen LogP contribution in [0.4, 0.5) is 4.79 Å². The maximum Gasteiger partial charge on any atom is 0.407 e. The van der Waals surface area contributed by atoms with Crippen molar-refractivity contribution in [3.05, 3.63) is 35.9 Å². The molecule has 5 rings (SSSR count). The third-order valence-corrected chi connectivity index (χ3v) is 12.2. The fourth-order valence-electron chi connectivity index (χ4n) is 10.3. The average Bonchev–Trinajstić information content (AvgIpc) is 3.26. The molecule has 38 heavy (non-hydrogen) atoms. The molecule has 0 aliphatic heterocycles. The van der Waals surface area contributed by atoms with Gasteiger partial charge in [0.2, 0.25) is 0 Å². The molecule has 1 amide bonds. The maximum absolute atomic E-state index is 12.3. The Hall–Kier alpha value is -1.59. The molecule has 4 saturated carbocycles. The Bertz CT molecular complexity index is 954. The lowest BCUT2D eigenvalue weighted by molar-refractivity contribution is -0.203. The summed E-state index contributed by atoms with van der Waals surface area (Å²) < 4.78 is 5.40. The Morgan fingerprint density at radius 2 is 1.74 bits per heavy atom. The Morgan fingerprint density at radius 3 is 2.47 bits per heavy atom. The molecule has 3 N–H and O–H groups in total. The van der Waals surface area contributed by atoms with Crippen LogP contribution in [0.3, 0.4) is 0 Å². The van der Waals surface area contributed by atoms with Gasteiger partial charge in [-0.15, -0.1) is 0 Å². The first-order valence-corrected chi connectivity index (χ1v) is 15.5. The number of aliphatic hydroxyl groups excluding tert-OH is 2. The summed E-state index contributed by atoms with van der Waals surface area (Å²) in [6, 6.07) is 9.79. The lowest BCUT2D eigenvalue weighted by Gasteiger charge is -2.64. The van der Waals surface area contributed by atoms with Crippen molar-refractivity contribution in [2.24, 2.45) is 52.3 Å². The Morgan fingerprint density at radius 1 is 1.03 bits per heavy atom. The van der Waals surface area contributed by atoms with Crippen LogP contribution in [0.25, 0.3) is 0 Å². The summed E-state index contributed by atoms with van der Waals surface area (Å²) in [6.45, 7) is 10.6. The summed E-state index contributed by atoms with van der Waals surface area (Å²) in [5.41, 5.74) is 1.50. The van der Waals surface area contributed by atoms with Gasteiger partial charge in [0, 0.05) is 6.54 Å². The van der Waals surface area contributed by atoms with Crippen molar-refractivity contribution in [3.8, 4) is 0 Å². The van der Waals surface area contributed by atoms with E-state index in [0.717, 1.165) is 37.7 Å². The lowest BCUT2D eigenvalue weighted by Crippen LogP contribution is -2.62. The van der Waals surface area contributed by atoms with Gasteiger partial charge in [0.1, 0.15) is 6.61 Å². The van der Waals surface area contributed by atoms with Gasteiger partial charge in [0.05, 0.1) is 12.2 Å². The largest absolute Gasteiger partial charge is 0.445 e. The highest BCUT2D eigenvalue weighted by molar-refractivity contribution is 5.67. The molecule has 5 nitrogen and oxygen atoms in total. The fourth-order valence-corrected chi connectivity index (χ4v) is 10.3. The second-order valence-electron chi connectivity index (χ2n) is 13.9. The molecule has 5 heteroatoms. The number of carbonyl (C=O) groups is 1. The zero-order valence-corrected chi connectivity index (χ0v) is 24.1. The minimum Gasteiger partial charge on any atom is -0.445 e. The fraction of sp³-hybridized carbons (Fsp3) is 0.788. The second-order valence-corrected chi connectivity index (χ2v) is 13.9. The van der Waals surface area contributed by atoms with Crippen molar-refractivity contribution in [1.29, 1.82) is 0 Å². The predicted octanol–water partition coefficient (Wildman–Crippen LogP) is 6.57. The molecule has 1 aromatic rings. The van der Waals surface area contributed by atoms with Gasteiger partial charge in [-0.05, 0) is 109 Å². The lowest BCUT2D eigenvalue weighted by atomic mass is 9.41. The van der Waals surface area contributed by atoms with Gasteiger partial charge in [-0.3, -0.25) is 0 Å². The van der Waals surface area contributed by atoms with Crippen LogP contribution in [0.15, 0.2) is 30.3 Å². The van der Waals surface area contributed by atoms with E-state index in [1.54, 1.807) is 0 Å². The smallest absolute Gasteiger partial charge is 0.407 e. The number of alkyl carbamates (subject to hydrolysis) is 1. The molecule has 212 valence electrons. The summed E-state index contributed by atoms with van der Waals surface area (Å²) >= 11 is 0. The molecule has 0 unspecified atom stereocenters. The zero-order chi connectivity index (χ0) is 27.1. The molecule has 4 aliphatic rings. The van der Waals surface area contributed by atoms with Crippen molar-refractivity contribution >= 4 is 6.09 Å². The number of aliphatic hydroxyl groups is 2. The van der Waals surface area contributed by atoms with Crippen molar-refractivity contribution < 1.29 is 19.7 Å². The molecule has 0 saturated heterocycles. The normalized spacial score (nSPS) is 42.9. The molecule has 0 aromatic heterocycles. The summed E-state index contributed by atoms with van der Waals surface area (Å²) in [5.74, 6) is 3.44. The third kappa shape index (κ3) is 4.91. The van der Waals surface area contributed by atoms with Crippen molar-refractivity contribution in [2.75, 3.05) is 6.54 Å². The molecule has 4 aliphatic carbocycles. The van der Waals surface area contributed by atoms with Crippen molar-refractivity contribution in [2.45, 2.75) is 104 Å². The van der Waals surface area contributed by atoms with E-state index >= 15 is 0 Å². The minimum atomic E-state index is -0.339. The first-order chi connectivity index (χ1) is 18.2. The number of benzene rings is 1. The molecule has 0 heterocycles. The van der Waals surface area contributed by atoms with Gasteiger partial charge in [-0.2, -0.15) is 0 Å². The highest BCUT2D eigenvalue weighted by Crippen LogP contribution is 2.69. The van der Waals surface area contributed by atoms with Gasteiger partial charge in [-0.1, -0.05) is 64.4 Å². The van der Waals surface area contributed by atoms with Crippen molar-refractivity contribution in [1.82, 2.24) is 5.32 Å². The van der Waals surface area contributed by atoms with E-state index in [9.17, 15) is 15.0 Å². The van der Waals surface area contributed by atoms with E-state index in [1.165, 1.54) is 25.7 Å². The number of amides is 1. The quantitative estimate of drug-likeness (QED) is 0.376. The van der Waals surface area contributed by atoms with E-state index < -0.39 is 0 Å². The summed E-state index contributed by atoms with van der Waals surface area (Å²) in [4.78, 5) is 12.3. The standard InChI is InChI=1S/C33H51NO4/c1-5-24-28-19-23(35)13-16-33(28,4)27-14-17-32(3)25(11-12-26(32)29(27)30(24)36)21(2)15-18-34-31(37)38-20-22-9-7-6-8-10-22/h6-10,21,23-30,35-36H,5,11-20H2,1-4H3,(H,34,37)/t21-,23-,24-,25-,26+,27+,28+,29+,30-,32-,33-/m1/s1. The van der Waals surface area contributed by atoms with Crippen LogP contribution < -0.4 is 5.32 Å². The Labute approximate surface area is 230 Å². The molecule has 0 spiro atoms. The second kappa shape index (κ2) is 11.1. The number of hydrogen-bond donors (Lipinski definition) is 3. The van der Waals surface area contributed by atoms with Crippen LogP contribution in [0.1, 0.15) is 91.0 Å². The van der Waals surface area contributed by atoms with E-state index in [4.69, 9.17) is 4.74 Å². The molecular formula is C33H51NO4. The molecule has 0 bridgehead atoms. The van der Waals surface area contributed by atoms with E-state index in [1.807, 2.05) is 30.3 Å². The number of nitrogens with one attached hydrogen (secondary N) is 1. The van der Waals surface area contributed by atoms with Crippen LogP contribution in [-0.4, -0.2) is 35.1 Å². The number of ether oxygens (including phenoxy) is 1. The first-order valence-electron chi connectivity index (χ1n) is 15.5. The number of fused-ring (bicyclic) bond motifs is 5. The minimum absolute atomic E-state index is 0.194. The van der Waals surface area contributed by atoms with E-state index in [2.05, 4.69) is 33.0 Å². The first kappa shape index (κ1) is 28.0. The van der Waals surface area contributed by atoms with Crippen LogP contribution in [0.2, 0.25) is 0 Å². The van der Waals surface area contributed by atoms with Gasteiger partial charge in [-0.25, -0.2) is 4.79 Å². The monoisotopic (exact) mass is 525 g/mol. The van der Waals surface area contributed by atoms with E-state index in [0.29, 0.717) is 54.6 Å². The Balaban J connectivity index is 1.21. The van der Waals surface area contributed by atoms with Crippen molar-refractivity contribution in [3.63, 3.8) is 0 Å². The van der Waals surface area contributed by atoms with Crippen LogP contribution in [-0.2, 0) is 11.3 Å². The van der Waals surface area contributed by atoms with Crippen LogP contribution in [0, 0.1) is 52.3 Å². The van der Waals surface area contributed by atoms with E-state index in [-0.39, 0.29) is 29.1 Å². The highest BCUT2D eigenvalue weighted by Gasteiger charge is 2.64. The van der Waals surface area contributed by atoms with Gasteiger partial charge < -0.3 is 20.3 Å². The zero-order valence-electron chi connectivity index (χ0n) is 24.1.